The Morgan fingerprint density at radius 2 is 2.15 bits per heavy atom. The van der Waals surface area contributed by atoms with E-state index >= 15 is 0 Å². The van der Waals surface area contributed by atoms with Crippen molar-refractivity contribution < 1.29 is 4.74 Å². The van der Waals surface area contributed by atoms with Gasteiger partial charge in [0.2, 0.25) is 0 Å². The zero-order valence-corrected chi connectivity index (χ0v) is 8.61. The molecule has 1 spiro atoms. The molecule has 2 nitrogen and oxygen atoms in total. The lowest BCUT2D eigenvalue weighted by atomic mass is 9.82. The summed E-state index contributed by atoms with van der Waals surface area (Å²) in [6.45, 7) is 0.795. The maximum atomic E-state index is 8.89. The first kappa shape index (κ1) is 9.36. The van der Waals surface area contributed by atoms with Crippen molar-refractivity contribution >= 4 is 11.8 Å². The molecule has 0 aromatic rings. The Morgan fingerprint density at radius 3 is 2.85 bits per heavy atom. The van der Waals surface area contributed by atoms with Gasteiger partial charge >= 0.3 is 0 Å². The lowest BCUT2D eigenvalue weighted by Gasteiger charge is -2.41. The van der Waals surface area contributed by atoms with E-state index in [1.807, 2.05) is 11.8 Å². The summed E-state index contributed by atoms with van der Waals surface area (Å²) < 4.78 is 5.87. The van der Waals surface area contributed by atoms with Crippen molar-refractivity contribution in [1.82, 2.24) is 0 Å². The van der Waals surface area contributed by atoms with Crippen LogP contribution in [0.3, 0.4) is 0 Å². The molecule has 2 heterocycles. The van der Waals surface area contributed by atoms with E-state index in [9.17, 15) is 0 Å². The topological polar surface area (TPSA) is 33.0 Å². The maximum Gasteiger partial charge on any atom is 0.0710 e. The highest BCUT2D eigenvalue weighted by Crippen LogP contribution is 2.39. The van der Waals surface area contributed by atoms with Gasteiger partial charge in [0.05, 0.1) is 17.6 Å². The second-order valence-corrected chi connectivity index (χ2v) is 5.19. The van der Waals surface area contributed by atoms with Crippen LogP contribution in [0, 0.1) is 17.2 Å². The molecule has 13 heavy (non-hydrogen) atoms. The summed E-state index contributed by atoms with van der Waals surface area (Å²) in [7, 11) is 0. The van der Waals surface area contributed by atoms with Crippen LogP contribution in [-0.4, -0.2) is 23.7 Å². The van der Waals surface area contributed by atoms with Crippen molar-refractivity contribution in [3.63, 3.8) is 0 Å². The Labute approximate surface area is 83.6 Å². The number of ether oxygens (including phenoxy) is 1. The first-order valence-corrected chi connectivity index (χ1v) is 6.11. The van der Waals surface area contributed by atoms with E-state index in [1.165, 1.54) is 11.5 Å². The van der Waals surface area contributed by atoms with Crippen LogP contribution < -0.4 is 0 Å². The van der Waals surface area contributed by atoms with E-state index < -0.39 is 0 Å². The maximum absolute atomic E-state index is 8.89. The number of hydrogen-bond acceptors (Lipinski definition) is 3. The lowest BCUT2D eigenvalue weighted by Crippen LogP contribution is -2.42. The average molecular weight is 197 g/mol. The van der Waals surface area contributed by atoms with E-state index in [2.05, 4.69) is 6.07 Å². The fourth-order valence-corrected chi connectivity index (χ4v) is 3.47. The third-order valence-electron chi connectivity index (χ3n) is 3.08. The summed E-state index contributed by atoms with van der Waals surface area (Å²) in [5.74, 6) is 2.66. The first-order chi connectivity index (χ1) is 6.35. The Morgan fingerprint density at radius 1 is 1.38 bits per heavy atom. The van der Waals surface area contributed by atoms with Crippen LogP contribution in [0.1, 0.15) is 25.7 Å². The Bertz CT molecular complexity index is 212. The molecule has 1 atom stereocenters. The van der Waals surface area contributed by atoms with E-state index in [4.69, 9.17) is 10.00 Å². The molecule has 0 radical (unpaired) electrons. The van der Waals surface area contributed by atoms with Gasteiger partial charge in [-0.05, 0) is 37.2 Å². The minimum absolute atomic E-state index is 0.0872. The first-order valence-electron chi connectivity index (χ1n) is 4.96. The van der Waals surface area contributed by atoms with Gasteiger partial charge in [0, 0.05) is 6.61 Å². The molecule has 1 unspecified atom stereocenters. The van der Waals surface area contributed by atoms with Crippen LogP contribution in [0.15, 0.2) is 0 Å². The van der Waals surface area contributed by atoms with Gasteiger partial charge in [-0.3, -0.25) is 0 Å². The summed E-state index contributed by atoms with van der Waals surface area (Å²) >= 11 is 2.01. The third kappa shape index (κ3) is 2.00. The smallest absolute Gasteiger partial charge is 0.0710 e. The Balaban J connectivity index is 2.00. The molecule has 0 saturated carbocycles. The fraction of sp³-hybridized carbons (Fsp3) is 0.900. The summed E-state index contributed by atoms with van der Waals surface area (Å²) in [5.41, 5.74) is 0.0872. The molecule has 0 aromatic carbocycles. The van der Waals surface area contributed by atoms with E-state index in [1.54, 1.807) is 0 Å². The molecule has 0 N–H and O–H groups in total. The van der Waals surface area contributed by atoms with Crippen LogP contribution in [0.4, 0.5) is 0 Å². The minimum Gasteiger partial charge on any atom is -0.375 e. The zero-order valence-electron chi connectivity index (χ0n) is 7.79. The molecule has 0 bridgehead atoms. The van der Waals surface area contributed by atoms with Gasteiger partial charge in [-0.25, -0.2) is 0 Å². The number of nitrogens with zero attached hydrogens (tertiary/aromatic N) is 1. The van der Waals surface area contributed by atoms with Gasteiger partial charge in [0.25, 0.3) is 0 Å². The van der Waals surface area contributed by atoms with E-state index in [0.29, 0.717) is 0 Å². The Kier molecular flexibility index (Phi) is 2.80. The third-order valence-corrected chi connectivity index (χ3v) is 4.07. The molecule has 2 aliphatic rings. The quantitative estimate of drug-likeness (QED) is 0.597. The van der Waals surface area contributed by atoms with E-state index in [0.717, 1.165) is 32.3 Å². The van der Waals surface area contributed by atoms with Gasteiger partial charge < -0.3 is 4.74 Å². The molecular weight excluding hydrogens is 182 g/mol. The predicted molar refractivity (Wildman–Crippen MR) is 53.6 cm³/mol. The molecule has 2 saturated heterocycles. The summed E-state index contributed by atoms with van der Waals surface area (Å²) in [4.78, 5) is 0. The summed E-state index contributed by atoms with van der Waals surface area (Å²) in [5, 5.41) is 8.89. The molecule has 2 rings (SSSR count). The van der Waals surface area contributed by atoms with E-state index in [-0.39, 0.29) is 11.5 Å². The highest BCUT2D eigenvalue weighted by Gasteiger charge is 2.38. The fourth-order valence-electron chi connectivity index (χ4n) is 2.23. The minimum atomic E-state index is 0.0872. The number of rotatable bonds is 0. The van der Waals surface area contributed by atoms with Gasteiger partial charge in [-0.1, -0.05) is 0 Å². The van der Waals surface area contributed by atoms with Crippen molar-refractivity contribution in [1.29, 1.82) is 5.26 Å². The van der Waals surface area contributed by atoms with Crippen LogP contribution in [-0.2, 0) is 4.74 Å². The molecule has 3 heteroatoms. The van der Waals surface area contributed by atoms with Crippen molar-refractivity contribution in [3.8, 4) is 6.07 Å². The number of thioether (sulfide) groups is 1. The number of hydrogen-bond donors (Lipinski definition) is 0. The van der Waals surface area contributed by atoms with Crippen LogP contribution in [0.5, 0.6) is 0 Å². The van der Waals surface area contributed by atoms with Crippen molar-refractivity contribution in [2.45, 2.75) is 31.3 Å². The second kappa shape index (κ2) is 3.89. The molecule has 0 aliphatic carbocycles. The van der Waals surface area contributed by atoms with Crippen molar-refractivity contribution in [2.75, 3.05) is 18.1 Å². The molecular formula is C10H15NOS. The lowest BCUT2D eigenvalue weighted by molar-refractivity contribution is -0.0939. The molecule has 2 fully saturated rings. The van der Waals surface area contributed by atoms with Gasteiger partial charge in [-0.15, -0.1) is 0 Å². The molecule has 0 aromatic heterocycles. The van der Waals surface area contributed by atoms with Gasteiger partial charge in [-0.2, -0.15) is 17.0 Å². The van der Waals surface area contributed by atoms with Crippen molar-refractivity contribution in [3.05, 3.63) is 0 Å². The predicted octanol–water partition coefficient (Wildman–Crippen LogP) is 2.20. The van der Waals surface area contributed by atoms with Crippen LogP contribution >= 0.6 is 11.8 Å². The standard InChI is InChI=1S/C10H15NOS/c11-8-9-1-4-12-10(7-9)2-5-13-6-3-10/h9H,1-7H2. The number of nitriles is 1. The molecule has 0 amide bonds. The average Bonchev–Trinajstić information content (AvgIpc) is 2.19. The zero-order chi connectivity index (χ0) is 9.15. The molecule has 72 valence electrons. The van der Waals surface area contributed by atoms with Crippen LogP contribution in [0.25, 0.3) is 0 Å². The van der Waals surface area contributed by atoms with Gasteiger partial charge in [0.15, 0.2) is 0 Å². The summed E-state index contributed by atoms with van der Waals surface area (Å²) in [6.07, 6.45) is 4.21. The van der Waals surface area contributed by atoms with Gasteiger partial charge in [0.1, 0.15) is 0 Å². The summed E-state index contributed by atoms with van der Waals surface area (Å²) in [6, 6.07) is 2.39. The van der Waals surface area contributed by atoms with Crippen LogP contribution in [0.2, 0.25) is 0 Å². The highest BCUT2D eigenvalue weighted by molar-refractivity contribution is 7.99. The second-order valence-electron chi connectivity index (χ2n) is 3.96. The normalized spacial score (nSPS) is 32.7. The Hall–Kier alpha value is -0.200. The monoisotopic (exact) mass is 197 g/mol. The molecule has 2 aliphatic heterocycles. The highest BCUT2D eigenvalue weighted by atomic mass is 32.2. The van der Waals surface area contributed by atoms with Crippen molar-refractivity contribution in [2.24, 2.45) is 5.92 Å². The SMILES string of the molecule is N#CC1CCOC2(CCSCC2)C1. The largest absolute Gasteiger partial charge is 0.375 e.